The third-order valence-corrected chi connectivity index (χ3v) is 4.41. The summed E-state index contributed by atoms with van der Waals surface area (Å²) in [5.74, 6) is -0.819. The highest BCUT2D eigenvalue weighted by Crippen LogP contribution is 2.36. The SMILES string of the molecule is O=C(O)N1CCC(Cc2cccs2)(C(=O)O)CC1. The van der Waals surface area contributed by atoms with Crippen LogP contribution in [-0.2, 0) is 11.2 Å². The number of amides is 1. The standard InChI is InChI=1S/C12H15NO4S/c14-10(15)12(8-9-2-1-7-18-9)3-5-13(6-4-12)11(16)17/h1-2,7H,3-6,8H2,(H,14,15)(H,16,17). The van der Waals surface area contributed by atoms with Gasteiger partial charge in [0.2, 0.25) is 0 Å². The second-order valence-corrected chi connectivity index (χ2v) is 5.64. The molecule has 2 heterocycles. The second kappa shape index (κ2) is 4.97. The van der Waals surface area contributed by atoms with Gasteiger partial charge in [0.15, 0.2) is 0 Å². The Morgan fingerprint density at radius 3 is 2.44 bits per heavy atom. The van der Waals surface area contributed by atoms with Crippen molar-refractivity contribution in [2.75, 3.05) is 13.1 Å². The molecule has 1 saturated heterocycles. The van der Waals surface area contributed by atoms with Crippen molar-refractivity contribution >= 4 is 23.4 Å². The van der Waals surface area contributed by atoms with E-state index in [2.05, 4.69) is 0 Å². The summed E-state index contributed by atoms with van der Waals surface area (Å²) >= 11 is 1.55. The zero-order valence-corrected chi connectivity index (χ0v) is 10.7. The Hall–Kier alpha value is -1.56. The van der Waals surface area contributed by atoms with E-state index in [-0.39, 0.29) is 0 Å². The Morgan fingerprint density at radius 1 is 1.33 bits per heavy atom. The molecule has 0 aromatic carbocycles. The molecule has 98 valence electrons. The van der Waals surface area contributed by atoms with E-state index in [1.54, 1.807) is 11.3 Å². The Morgan fingerprint density at radius 2 is 2.00 bits per heavy atom. The number of carboxylic acid groups (broad SMARTS) is 2. The highest BCUT2D eigenvalue weighted by Gasteiger charge is 2.42. The Labute approximate surface area is 109 Å². The molecular formula is C12H15NO4S. The maximum atomic E-state index is 11.5. The van der Waals surface area contributed by atoms with E-state index in [1.165, 1.54) is 4.90 Å². The summed E-state index contributed by atoms with van der Waals surface area (Å²) < 4.78 is 0. The molecule has 0 unspecified atom stereocenters. The van der Waals surface area contributed by atoms with E-state index in [1.807, 2.05) is 17.5 Å². The van der Waals surface area contributed by atoms with Gasteiger partial charge in [-0.05, 0) is 30.7 Å². The molecule has 1 aliphatic rings. The van der Waals surface area contributed by atoms with Gasteiger partial charge in [-0.1, -0.05) is 6.07 Å². The molecule has 1 aromatic rings. The largest absolute Gasteiger partial charge is 0.481 e. The molecule has 0 atom stereocenters. The fraction of sp³-hybridized carbons (Fsp3) is 0.500. The van der Waals surface area contributed by atoms with Gasteiger partial charge < -0.3 is 15.1 Å². The van der Waals surface area contributed by atoms with Crippen LogP contribution in [0.1, 0.15) is 17.7 Å². The number of likely N-dealkylation sites (tertiary alicyclic amines) is 1. The van der Waals surface area contributed by atoms with E-state index < -0.39 is 17.5 Å². The summed E-state index contributed by atoms with van der Waals surface area (Å²) in [5.41, 5.74) is -0.809. The third-order valence-electron chi connectivity index (χ3n) is 3.54. The molecule has 6 heteroatoms. The van der Waals surface area contributed by atoms with Gasteiger partial charge in [0.05, 0.1) is 5.41 Å². The smallest absolute Gasteiger partial charge is 0.407 e. The average Bonchev–Trinajstić information content (AvgIpc) is 2.82. The molecule has 2 rings (SSSR count). The summed E-state index contributed by atoms with van der Waals surface area (Å²) in [7, 11) is 0. The van der Waals surface area contributed by atoms with Crippen LogP contribution in [0, 0.1) is 5.41 Å². The van der Waals surface area contributed by atoms with Crippen LogP contribution in [0.2, 0.25) is 0 Å². The first-order valence-corrected chi connectivity index (χ1v) is 6.65. The molecule has 1 aliphatic heterocycles. The number of carbonyl (C=O) groups is 2. The van der Waals surface area contributed by atoms with Crippen LogP contribution >= 0.6 is 11.3 Å². The van der Waals surface area contributed by atoms with E-state index >= 15 is 0 Å². The van der Waals surface area contributed by atoms with Gasteiger partial charge in [0.25, 0.3) is 0 Å². The molecular weight excluding hydrogens is 254 g/mol. The lowest BCUT2D eigenvalue weighted by atomic mass is 9.75. The molecule has 0 radical (unpaired) electrons. The van der Waals surface area contributed by atoms with Crippen LogP contribution in [0.15, 0.2) is 17.5 Å². The average molecular weight is 269 g/mol. The van der Waals surface area contributed by atoms with E-state index in [0.29, 0.717) is 32.4 Å². The van der Waals surface area contributed by atoms with Crippen molar-refractivity contribution in [1.29, 1.82) is 0 Å². The van der Waals surface area contributed by atoms with Crippen LogP contribution in [0.4, 0.5) is 4.79 Å². The van der Waals surface area contributed by atoms with Gasteiger partial charge in [-0.15, -0.1) is 11.3 Å². The lowest BCUT2D eigenvalue weighted by Crippen LogP contribution is -2.47. The first-order chi connectivity index (χ1) is 8.53. The van der Waals surface area contributed by atoms with Gasteiger partial charge in [0.1, 0.15) is 0 Å². The number of rotatable bonds is 3. The number of carboxylic acids is 1. The highest BCUT2D eigenvalue weighted by molar-refractivity contribution is 7.09. The van der Waals surface area contributed by atoms with Crippen LogP contribution in [0.5, 0.6) is 0 Å². The van der Waals surface area contributed by atoms with Crippen molar-refractivity contribution in [1.82, 2.24) is 4.90 Å². The van der Waals surface area contributed by atoms with Crippen molar-refractivity contribution in [2.24, 2.45) is 5.41 Å². The Kier molecular flexibility index (Phi) is 3.56. The molecule has 1 fully saturated rings. The molecule has 5 nitrogen and oxygen atoms in total. The van der Waals surface area contributed by atoms with E-state index in [4.69, 9.17) is 5.11 Å². The first-order valence-electron chi connectivity index (χ1n) is 5.77. The summed E-state index contributed by atoms with van der Waals surface area (Å²) in [6.07, 6.45) is 0.289. The van der Waals surface area contributed by atoms with Gasteiger partial charge in [0, 0.05) is 18.0 Å². The van der Waals surface area contributed by atoms with Crippen LogP contribution in [0.25, 0.3) is 0 Å². The fourth-order valence-electron chi connectivity index (χ4n) is 2.34. The van der Waals surface area contributed by atoms with Crippen molar-refractivity contribution < 1.29 is 19.8 Å². The van der Waals surface area contributed by atoms with E-state index in [0.717, 1.165) is 4.88 Å². The summed E-state index contributed by atoms with van der Waals surface area (Å²) in [6, 6.07) is 3.83. The molecule has 0 spiro atoms. The second-order valence-electron chi connectivity index (χ2n) is 4.61. The van der Waals surface area contributed by atoms with Crippen molar-refractivity contribution in [3.8, 4) is 0 Å². The monoisotopic (exact) mass is 269 g/mol. The maximum absolute atomic E-state index is 11.5. The van der Waals surface area contributed by atoms with Gasteiger partial charge in [-0.25, -0.2) is 4.79 Å². The molecule has 1 aromatic heterocycles. The van der Waals surface area contributed by atoms with Crippen LogP contribution < -0.4 is 0 Å². The zero-order chi connectivity index (χ0) is 13.2. The number of aliphatic carboxylic acids is 1. The quantitative estimate of drug-likeness (QED) is 0.881. The molecule has 2 N–H and O–H groups in total. The number of hydrogen-bond donors (Lipinski definition) is 2. The topological polar surface area (TPSA) is 77.8 Å². The summed E-state index contributed by atoms with van der Waals surface area (Å²) in [4.78, 5) is 24.7. The van der Waals surface area contributed by atoms with Crippen molar-refractivity contribution in [3.05, 3.63) is 22.4 Å². The number of piperidine rings is 1. The normalized spacial score (nSPS) is 18.6. The predicted molar refractivity (Wildman–Crippen MR) is 66.9 cm³/mol. The van der Waals surface area contributed by atoms with Crippen molar-refractivity contribution in [2.45, 2.75) is 19.3 Å². The Balaban J connectivity index is 2.10. The minimum absolute atomic E-state index is 0.299. The van der Waals surface area contributed by atoms with Crippen molar-refractivity contribution in [3.63, 3.8) is 0 Å². The van der Waals surface area contributed by atoms with Crippen LogP contribution in [-0.4, -0.2) is 40.3 Å². The van der Waals surface area contributed by atoms with E-state index in [9.17, 15) is 14.7 Å². The maximum Gasteiger partial charge on any atom is 0.407 e. The summed E-state index contributed by atoms with van der Waals surface area (Å²) in [5, 5.41) is 20.3. The first kappa shape index (κ1) is 12.9. The molecule has 1 amide bonds. The number of hydrogen-bond acceptors (Lipinski definition) is 3. The molecule has 0 bridgehead atoms. The number of thiophene rings is 1. The number of nitrogens with zero attached hydrogens (tertiary/aromatic N) is 1. The molecule has 0 aliphatic carbocycles. The van der Waals surface area contributed by atoms with Gasteiger partial charge in [-0.3, -0.25) is 4.79 Å². The predicted octanol–water partition coefficient (Wildman–Crippen LogP) is 2.14. The fourth-order valence-corrected chi connectivity index (χ4v) is 3.19. The Bertz CT molecular complexity index is 435. The van der Waals surface area contributed by atoms with Gasteiger partial charge in [-0.2, -0.15) is 0 Å². The third kappa shape index (κ3) is 2.48. The van der Waals surface area contributed by atoms with Gasteiger partial charge >= 0.3 is 12.1 Å². The lowest BCUT2D eigenvalue weighted by molar-refractivity contribution is -0.151. The lowest BCUT2D eigenvalue weighted by Gasteiger charge is -2.37. The minimum Gasteiger partial charge on any atom is -0.481 e. The van der Waals surface area contributed by atoms with Crippen LogP contribution in [0.3, 0.4) is 0 Å². The summed E-state index contributed by atoms with van der Waals surface area (Å²) in [6.45, 7) is 0.597. The minimum atomic E-state index is -0.967. The molecule has 18 heavy (non-hydrogen) atoms. The zero-order valence-electron chi connectivity index (χ0n) is 9.83. The highest BCUT2D eigenvalue weighted by atomic mass is 32.1. The molecule has 0 saturated carbocycles.